The van der Waals surface area contributed by atoms with E-state index in [1.165, 1.54) is 0 Å². The van der Waals surface area contributed by atoms with Gasteiger partial charge in [-0.2, -0.15) is 0 Å². The second-order valence-corrected chi connectivity index (χ2v) is 3.21. The summed E-state index contributed by atoms with van der Waals surface area (Å²) in [6, 6.07) is 5.30. The maximum atomic E-state index is 6.63. The van der Waals surface area contributed by atoms with Crippen molar-refractivity contribution in [3.05, 3.63) is 45.2 Å². The van der Waals surface area contributed by atoms with E-state index < -0.39 is 0 Å². The van der Waals surface area contributed by atoms with Crippen molar-refractivity contribution in [2.75, 3.05) is 6.54 Å². The van der Waals surface area contributed by atoms with Crippen LogP contribution in [0.4, 0.5) is 0 Å². The Kier molecular flexibility index (Phi) is 3.40. The summed E-state index contributed by atoms with van der Waals surface area (Å²) in [6.45, 7) is 7.08. The summed E-state index contributed by atoms with van der Waals surface area (Å²) < 4.78 is 0. The molecule has 1 nitrogen and oxygen atoms in total. The molecule has 0 radical (unpaired) electrons. The number of benzene rings is 1. The minimum Gasteiger partial charge on any atom is -0.317 e. The Morgan fingerprint density at radius 2 is 2.08 bits per heavy atom. The Morgan fingerprint density at radius 3 is 2.75 bits per heavy atom. The second kappa shape index (κ2) is 4.35. The monoisotopic (exact) mass is 199 g/mol. The maximum absolute atomic E-state index is 6.63. The molecule has 0 heterocycles. The molecule has 0 bridgehead atoms. The summed E-state index contributed by atoms with van der Waals surface area (Å²) in [5.74, 6) is 0. The largest absolute Gasteiger partial charge is 0.317 e. The topological polar surface area (TPSA) is 4.36 Å². The highest BCUT2D eigenvalue weighted by Crippen LogP contribution is 2.20. The van der Waals surface area contributed by atoms with Crippen molar-refractivity contribution in [3.63, 3.8) is 0 Å². The zero-order chi connectivity index (χ0) is 8.97. The lowest BCUT2D eigenvalue weighted by molar-refractivity contribution is 1.08. The molecule has 0 saturated heterocycles. The van der Waals surface area contributed by atoms with E-state index in [9.17, 15) is 0 Å². The first-order chi connectivity index (χ1) is 5.74. The van der Waals surface area contributed by atoms with Crippen molar-refractivity contribution in [3.8, 4) is 0 Å². The van der Waals surface area contributed by atoms with Gasteiger partial charge in [0.15, 0.2) is 0 Å². The third-order valence-electron chi connectivity index (χ3n) is 1.50. The normalized spacial score (nSPS) is 9.42. The number of rotatable bonds is 2. The van der Waals surface area contributed by atoms with Gasteiger partial charge in [-0.1, -0.05) is 23.2 Å². The Bertz CT molecular complexity index is 315. The molecule has 0 N–H and O–H groups in total. The smallest absolute Gasteiger partial charge is 0.218 e. The number of halogens is 2. The zero-order valence-corrected chi connectivity index (χ0v) is 7.86. The number of hydrogen-bond acceptors (Lipinski definition) is 0. The molecule has 0 aromatic heterocycles. The van der Waals surface area contributed by atoms with Crippen molar-refractivity contribution >= 4 is 23.2 Å². The van der Waals surface area contributed by atoms with E-state index in [2.05, 4.69) is 4.85 Å². The molecular weight excluding hydrogens is 193 g/mol. The van der Waals surface area contributed by atoms with Gasteiger partial charge in [-0.15, -0.1) is 0 Å². The van der Waals surface area contributed by atoms with E-state index in [0.717, 1.165) is 5.56 Å². The van der Waals surface area contributed by atoms with Gasteiger partial charge in [0, 0.05) is 16.5 Å². The van der Waals surface area contributed by atoms with Gasteiger partial charge in [0.05, 0.1) is 0 Å². The first kappa shape index (κ1) is 9.38. The lowest BCUT2D eigenvalue weighted by Gasteiger charge is -1.99. The van der Waals surface area contributed by atoms with Gasteiger partial charge in [-0.05, 0) is 23.8 Å². The molecule has 0 saturated carbocycles. The maximum Gasteiger partial charge on any atom is 0.218 e. The standard InChI is InChI=1S/C9H7Cl2N/c1-12-5-4-7-6-8(10)2-3-9(7)11/h2-3,6H,4-5H2. The highest BCUT2D eigenvalue weighted by Gasteiger charge is 2.01. The molecule has 62 valence electrons. The van der Waals surface area contributed by atoms with Crippen molar-refractivity contribution < 1.29 is 0 Å². The van der Waals surface area contributed by atoms with Gasteiger partial charge in [-0.3, -0.25) is 0 Å². The molecule has 0 spiro atoms. The fourth-order valence-electron chi connectivity index (χ4n) is 0.911. The molecule has 1 aromatic carbocycles. The van der Waals surface area contributed by atoms with Gasteiger partial charge in [0.25, 0.3) is 0 Å². The SMILES string of the molecule is [C-]#[N+]CCc1cc(Cl)ccc1Cl. The van der Waals surface area contributed by atoms with Crippen LogP contribution in [0.5, 0.6) is 0 Å². The van der Waals surface area contributed by atoms with Crippen LogP contribution in [0.25, 0.3) is 4.85 Å². The molecule has 0 unspecified atom stereocenters. The molecule has 0 aliphatic heterocycles. The summed E-state index contributed by atoms with van der Waals surface area (Å²) in [5.41, 5.74) is 0.945. The van der Waals surface area contributed by atoms with Crippen molar-refractivity contribution in [1.82, 2.24) is 0 Å². The van der Waals surface area contributed by atoms with E-state index in [1.807, 2.05) is 0 Å². The lowest BCUT2D eigenvalue weighted by atomic mass is 10.1. The molecule has 0 fully saturated rings. The highest BCUT2D eigenvalue weighted by molar-refractivity contribution is 6.33. The highest BCUT2D eigenvalue weighted by atomic mass is 35.5. The molecule has 1 rings (SSSR count). The van der Waals surface area contributed by atoms with Crippen molar-refractivity contribution in [2.45, 2.75) is 6.42 Å². The molecule has 0 aliphatic rings. The Morgan fingerprint density at radius 1 is 1.33 bits per heavy atom. The van der Waals surface area contributed by atoms with Gasteiger partial charge in [-0.25, -0.2) is 6.57 Å². The van der Waals surface area contributed by atoms with Gasteiger partial charge < -0.3 is 4.85 Å². The van der Waals surface area contributed by atoms with Crippen LogP contribution in [0, 0.1) is 6.57 Å². The van der Waals surface area contributed by atoms with Crippen LogP contribution in [0.1, 0.15) is 5.56 Å². The van der Waals surface area contributed by atoms with E-state index in [1.54, 1.807) is 18.2 Å². The molecule has 0 atom stereocenters. The summed E-state index contributed by atoms with van der Waals surface area (Å²) >= 11 is 11.6. The summed E-state index contributed by atoms with van der Waals surface area (Å²) in [4.78, 5) is 3.25. The van der Waals surface area contributed by atoms with Crippen LogP contribution in [0.3, 0.4) is 0 Å². The molecule has 12 heavy (non-hydrogen) atoms. The fraction of sp³-hybridized carbons (Fsp3) is 0.222. The summed E-state index contributed by atoms with van der Waals surface area (Å²) in [5, 5.41) is 1.35. The first-order valence-corrected chi connectivity index (χ1v) is 4.27. The van der Waals surface area contributed by atoms with E-state index in [4.69, 9.17) is 29.8 Å². The van der Waals surface area contributed by atoms with Crippen molar-refractivity contribution in [2.24, 2.45) is 0 Å². The van der Waals surface area contributed by atoms with Crippen LogP contribution in [-0.4, -0.2) is 6.54 Å². The van der Waals surface area contributed by atoms with Gasteiger partial charge in [0.2, 0.25) is 6.54 Å². The van der Waals surface area contributed by atoms with Gasteiger partial charge >= 0.3 is 0 Å². The lowest BCUT2D eigenvalue weighted by Crippen LogP contribution is -1.88. The van der Waals surface area contributed by atoms with Crippen LogP contribution in [0.15, 0.2) is 18.2 Å². The average Bonchev–Trinajstić information content (AvgIpc) is 2.07. The fourth-order valence-corrected chi connectivity index (χ4v) is 1.32. The van der Waals surface area contributed by atoms with Crippen LogP contribution < -0.4 is 0 Å². The quantitative estimate of drug-likeness (QED) is 0.644. The minimum atomic E-state index is 0.458. The molecule has 0 aliphatic carbocycles. The van der Waals surface area contributed by atoms with E-state index in [-0.39, 0.29) is 0 Å². The molecular formula is C9H7Cl2N. The zero-order valence-electron chi connectivity index (χ0n) is 6.35. The predicted octanol–water partition coefficient (Wildman–Crippen LogP) is 3.46. The van der Waals surface area contributed by atoms with E-state index >= 15 is 0 Å². The van der Waals surface area contributed by atoms with Crippen LogP contribution >= 0.6 is 23.2 Å². The van der Waals surface area contributed by atoms with E-state index in [0.29, 0.717) is 23.0 Å². The summed E-state index contributed by atoms with van der Waals surface area (Å²) in [6.07, 6.45) is 0.670. The van der Waals surface area contributed by atoms with Gasteiger partial charge in [0.1, 0.15) is 0 Å². The third kappa shape index (κ3) is 2.41. The van der Waals surface area contributed by atoms with Crippen LogP contribution in [-0.2, 0) is 6.42 Å². The Labute approximate surface area is 81.7 Å². The molecule has 1 aromatic rings. The predicted molar refractivity (Wildman–Crippen MR) is 51.6 cm³/mol. The number of nitrogens with zero attached hydrogens (tertiary/aromatic N) is 1. The molecule has 3 heteroatoms. The Balaban J connectivity index is 2.84. The minimum absolute atomic E-state index is 0.458. The van der Waals surface area contributed by atoms with Crippen molar-refractivity contribution in [1.29, 1.82) is 0 Å². The molecule has 0 amide bonds. The Hall–Kier alpha value is -0.710. The third-order valence-corrected chi connectivity index (χ3v) is 2.10. The first-order valence-electron chi connectivity index (χ1n) is 3.51. The number of hydrogen-bond donors (Lipinski definition) is 0. The van der Waals surface area contributed by atoms with Crippen LogP contribution in [0.2, 0.25) is 10.0 Å². The second-order valence-electron chi connectivity index (χ2n) is 2.37. The average molecular weight is 200 g/mol. The summed E-state index contributed by atoms with van der Waals surface area (Å²) in [7, 11) is 0.